The number of benzene rings is 1. The number of nitrogens with zero attached hydrogens (tertiary/aromatic N) is 2. The molecule has 0 saturated carbocycles. The van der Waals surface area contributed by atoms with Gasteiger partial charge in [-0.05, 0) is 45.0 Å². The molecule has 2 aromatic rings. The fourth-order valence-corrected chi connectivity index (χ4v) is 2.33. The molecule has 2 N–H and O–H groups in total. The highest BCUT2D eigenvalue weighted by atomic mass is 16.3. The molecule has 0 radical (unpaired) electrons. The predicted octanol–water partition coefficient (Wildman–Crippen LogP) is 2.35. The lowest BCUT2D eigenvalue weighted by molar-refractivity contribution is 0.273. The van der Waals surface area contributed by atoms with E-state index in [1.807, 2.05) is 26.8 Å². The van der Waals surface area contributed by atoms with Gasteiger partial charge in [0.05, 0.1) is 0 Å². The Morgan fingerprint density at radius 3 is 2.79 bits per heavy atom. The fraction of sp³-hybridized carbons (Fsp3) is 0.533. The fourth-order valence-electron chi connectivity index (χ4n) is 2.33. The van der Waals surface area contributed by atoms with E-state index in [9.17, 15) is 0 Å². The molecule has 4 heteroatoms. The molecule has 0 fully saturated rings. The summed E-state index contributed by atoms with van der Waals surface area (Å²) in [5, 5.41) is 0. The number of oxazole rings is 1. The maximum Gasteiger partial charge on any atom is 0.192 e. The molecule has 0 aliphatic rings. The topological polar surface area (TPSA) is 55.3 Å². The van der Waals surface area contributed by atoms with Gasteiger partial charge in [0.15, 0.2) is 11.5 Å². The zero-order valence-corrected chi connectivity index (χ0v) is 12.2. The summed E-state index contributed by atoms with van der Waals surface area (Å²) in [4.78, 5) is 6.56. The molecular formula is C15H23N3O. The van der Waals surface area contributed by atoms with Gasteiger partial charge in [0.25, 0.3) is 0 Å². The second kappa shape index (κ2) is 5.31. The molecular weight excluding hydrogens is 238 g/mol. The third-order valence-corrected chi connectivity index (χ3v) is 3.02. The van der Waals surface area contributed by atoms with Gasteiger partial charge in [0.1, 0.15) is 5.52 Å². The van der Waals surface area contributed by atoms with E-state index in [1.54, 1.807) is 0 Å². The van der Waals surface area contributed by atoms with E-state index in [4.69, 9.17) is 10.2 Å². The molecule has 1 aromatic carbocycles. The van der Waals surface area contributed by atoms with Crippen molar-refractivity contribution in [3.05, 3.63) is 29.7 Å². The lowest BCUT2D eigenvalue weighted by Crippen LogP contribution is -2.44. The summed E-state index contributed by atoms with van der Waals surface area (Å²) in [5.74, 6) is 0.717. The van der Waals surface area contributed by atoms with Crippen LogP contribution in [0.3, 0.4) is 0 Å². The molecule has 0 saturated heterocycles. The first-order valence-electron chi connectivity index (χ1n) is 6.67. The van der Waals surface area contributed by atoms with Gasteiger partial charge in [-0.25, -0.2) is 4.98 Å². The van der Waals surface area contributed by atoms with E-state index in [-0.39, 0.29) is 5.54 Å². The monoisotopic (exact) mass is 261 g/mol. The standard InChI is InChI=1S/C15H23N3O/c1-11-17-13-6-5-12(9-14(13)19-11)7-8-18(4)10-15(2,3)16/h5-6,9H,7-8,10,16H2,1-4H3. The minimum atomic E-state index is -0.152. The minimum absolute atomic E-state index is 0.152. The molecule has 0 unspecified atom stereocenters. The van der Waals surface area contributed by atoms with Gasteiger partial charge in [0, 0.05) is 25.6 Å². The van der Waals surface area contributed by atoms with E-state index in [0.717, 1.165) is 30.6 Å². The van der Waals surface area contributed by atoms with Crippen molar-refractivity contribution in [1.82, 2.24) is 9.88 Å². The Morgan fingerprint density at radius 1 is 1.37 bits per heavy atom. The zero-order chi connectivity index (χ0) is 14.0. The number of hydrogen-bond donors (Lipinski definition) is 1. The van der Waals surface area contributed by atoms with Crippen LogP contribution in [0.4, 0.5) is 0 Å². The Hall–Kier alpha value is -1.39. The summed E-state index contributed by atoms with van der Waals surface area (Å²) >= 11 is 0. The largest absolute Gasteiger partial charge is 0.441 e. The van der Waals surface area contributed by atoms with Gasteiger partial charge in [-0.15, -0.1) is 0 Å². The van der Waals surface area contributed by atoms with Gasteiger partial charge in [-0.3, -0.25) is 0 Å². The number of aromatic nitrogens is 1. The summed E-state index contributed by atoms with van der Waals surface area (Å²) in [5.41, 5.74) is 8.93. The van der Waals surface area contributed by atoms with Gasteiger partial charge in [-0.1, -0.05) is 6.07 Å². The summed E-state index contributed by atoms with van der Waals surface area (Å²) in [7, 11) is 2.10. The number of rotatable bonds is 5. The Balaban J connectivity index is 1.97. The van der Waals surface area contributed by atoms with E-state index in [1.165, 1.54) is 5.56 Å². The van der Waals surface area contributed by atoms with Crippen molar-refractivity contribution in [2.75, 3.05) is 20.1 Å². The molecule has 2 rings (SSSR count). The molecule has 0 aliphatic heterocycles. The maximum atomic E-state index is 6.02. The number of nitrogens with two attached hydrogens (primary N) is 1. The first-order valence-corrected chi connectivity index (χ1v) is 6.67. The highest BCUT2D eigenvalue weighted by Gasteiger charge is 2.13. The van der Waals surface area contributed by atoms with Crippen molar-refractivity contribution in [3.8, 4) is 0 Å². The Morgan fingerprint density at radius 2 is 2.11 bits per heavy atom. The van der Waals surface area contributed by atoms with Crippen LogP contribution in [-0.2, 0) is 6.42 Å². The second-order valence-electron chi connectivity index (χ2n) is 6.01. The maximum absolute atomic E-state index is 6.02. The minimum Gasteiger partial charge on any atom is -0.441 e. The van der Waals surface area contributed by atoms with E-state index in [2.05, 4.69) is 29.1 Å². The van der Waals surface area contributed by atoms with E-state index >= 15 is 0 Å². The molecule has 0 bridgehead atoms. The van der Waals surface area contributed by atoms with E-state index in [0.29, 0.717) is 5.89 Å². The number of hydrogen-bond acceptors (Lipinski definition) is 4. The lowest BCUT2D eigenvalue weighted by Gasteiger charge is -2.26. The average molecular weight is 261 g/mol. The van der Waals surface area contributed by atoms with Crippen LogP contribution in [0, 0.1) is 6.92 Å². The van der Waals surface area contributed by atoms with Crippen LogP contribution in [0.5, 0.6) is 0 Å². The predicted molar refractivity (Wildman–Crippen MR) is 78.2 cm³/mol. The van der Waals surface area contributed by atoms with Crippen molar-refractivity contribution < 1.29 is 4.42 Å². The van der Waals surface area contributed by atoms with Crippen LogP contribution in [0.2, 0.25) is 0 Å². The highest BCUT2D eigenvalue weighted by molar-refractivity contribution is 5.73. The van der Waals surface area contributed by atoms with Crippen LogP contribution < -0.4 is 5.73 Å². The third kappa shape index (κ3) is 4.04. The van der Waals surface area contributed by atoms with Gasteiger partial charge in [-0.2, -0.15) is 0 Å². The Kier molecular flexibility index (Phi) is 3.92. The molecule has 104 valence electrons. The molecule has 0 amide bonds. The van der Waals surface area contributed by atoms with Crippen molar-refractivity contribution in [3.63, 3.8) is 0 Å². The summed E-state index contributed by atoms with van der Waals surface area (Å²) < 4.78 is 5.55. The molecule has 4 nitrogen and oxygen atoms in total. The van der Waals surface area contributed by atoms with Gasteiger partial charge < -0.3 is 15.1 Å². The Labute approximate surface area is 114 Å². The zero-order valence-electron chi connectivity index (χ0n) is 12.2. The molecule has 0 aliphatic carbocycles. The first kappa shape index (κ1) is 14.0. The highest BCUT2D eigenvalue weighted by Crippen LogP contribution is 2.17. The van der Waals surface area contributed by atoms with Gasteiger partial charge >= 0.3 is 0 Å². The number of likely N-dealkylation sites (N-methyl/N-ethyl adjacent to an activating group) is 1. The van der Waals surface area contributed by atoms with Crippen LogP contribution in [0.15, 0.2) is 22.6 Å². The van der Waals surface area contributed by atoms with Crippen molar-refractivity contribution >= 4 is 11.1 Å². The number of aryl methyl sites for hydroxylation is 1. The summed E-state index contributed by atoms with van der Waals surface area (Å²) in [6.45, 7) is 7.84. The van der Waals surface area contributed by atoms with Gasteiger partial charge in [0.2, 0.25) is 0 Å². The van der Waals surface area contributed by atoms with Crippen LogP contribution in [0.1, 0.15) is 25.3 Å². The molecule has 19 heavy (non-hydrogen) atoms. The summed E-state index contributed by atoms with van der Waals surface area (Å²) in [6, 6.07) is 6.22. The Bertz CT molecular complexity index is 554. The van der Waals surface area contributed by atoms with Crippen LogP contribution in [0.25, 0.3) is 11.1 Å². The van der Waals surface area contributed by atoms with Crippen molar-refractivity contribution in [2.45, 2.75) is 32.7 Å². The molecule has 1 heterocycles. The van der Waals surface area contributed by atoms with Crippen LogP contribution >= 0.6 is 0 Å². The van der Waals surface area contributed by atoms with Crippen molar-refractivity contribution in [2.24, 2.45) is 5.73 Å². The lowest BCUT2D eigenvalue weighted by atomic mass is 10.1. The molecule has 0 atom stereocenters. The second-order valence-corrected chi connectivity index (χ2v) is 6.01. The van der Waals surface area contributed by atoms with E-state index < -0.39 is 0 Å². The van der Waals surface area contributed by atoms with Crippen LogP contribution in [-0.4, -0.2) is 35.6 Å². The first-order chi connectivity index (χ1) is 8.83. The normalized spacial score (nSPS) is 12.5. The molecule has 1 aromatic heterocycles. The molecule has 0 spiro atoms. The number of fused-ring (bicyclic) bond motifs is 1. The quantitative estimate of drug-likeness (QED) is 0.897. The smallest absolute Gasteiger partial charge is 0.192 e. The average Bonchev–Trinajstić information content (AvgIpc) is 2.63. The van der Waals surface area contributed by atoms with Crippen molar-refractivity contribution in [1.29, 1.82) is 0 Å². The third-order valence-electron chi connectivity index (χ3n) is 3.02. The summed E-state index contributed by atoms with van der Waals surface area (Å²) in [6.07, 6.45) is 0.988. The SMILES string of the molecule is Cc1nc2ccc(CCN(C)CC(C)(C)N)cc2o1.